The van der Waals surface area contributed by atoms with Gasteiger partial charge in [0, 0.05) is 14.0 Å². The van der Waals surface area contributed by atoms with Gasteiger partial charge in [-0.3, -0.25) is 4.79 Å². The first-order valence-electron chi connectivity index (χ1n) is 5.54. The molecule has 0 aromatic carbocycles. The first kappa shape index (κ1) is 12.8. The third kappa shape index (κ3) is 2.30. The van der Waals surface area contributed by atoms with Crippen LogP contribution in [0.1, 0.15) is 20.8 Å². The molecule has 0 N–H and O–H groups in total. The van der Waals surface area contributed by atoms with Gasteiger partial charge in [-0.2, -0.15) is 0 Å². The standard InChI is InChI=1S/C11H18O6/c1-7(12)14-5-11-6-15-9(13-4)8(11)16-10(2,3)17-11/h8-9H,5-6H2,1-4H3/t8-,9+,11+/m0/s1. The van der Waals surface area contributed by atoms with Crippen molar-refractivity contribution in [2.45, 2.75) is 44.6 Å². The van der Waals surface area contributed by atoms with E-state index in [0.717, 1.165) is 0 Å². The smallest absolute Gasteiger partial charge is 0.302 e. The molecule has 0 spiro atoms. The van der Waals surface area contributed by atoms with Gasteiger partial charge >= 0.3 is 5.97 Å². The summed E-state index contributed by atoms with van der Waals surface area (Å²) in [5.41, 5.74) is -0.768. The average Bonchev–Trinajstić information content (AvgIpc) is 2.66. The van der Waals surface area contributed by atoms with E-state index in [1.165, 1.54) is 6.92 Å². The lowest BCUT2D eigenvalue weighted by Crippen LogP contribution is -2.46. The molecule has 6 nitrogen and oxygen atoms in total. The second kappa shape index (κ2) is 4.20. The van der Waals surface area contributed by atoms with E-state index >= 15 is 0 Å². The number of esters is 1. The first-order valence-corrected chi connectivity index (χ1v) is 5.54. The minimum Gasteiger partial charge on any atom is -0.463 e. The molecule has 2 fully saturated rings. The largest absolute Gasteiger partial charge is 0.463 e. The molecule has 2 heterocycles. The molecule has 2 aliphatic heterocycles. The Labute approximate surface area is 100 Å². The topological polar surface area (TPSA) is 63.2 Å². The molecule has 2 rings (SSSR count). The van der Waals surface area contributed by atoms with E-state index in [2.05, 4.69) is 0 Å². The van der Waals surface area contributed by atoms with Crippen molar-refractivity contribution in [3.63, 3.8) is 0 Å². The summed E-state index contributed by atoms with van der Waals surface area (Å²) in [7, 11) is 1.54. The van der Waals surface area contributed by atoms with E-state index in [0.29, 0.717) is 0 Å². The fourth-order valence-electron chi connectivity index (χ4n) is 2.28. The van der Waals surface area contributed by atoms with E-state index < -0.39 is 17.7 Å². The Morgan fingerprint density at radius 1 is 1.47 bits per heavy atom. The summed E-state index contributed by atoms with van der Waals surface area (Å²) >= 11 is 0. The number of methoxy groups -OCH3 is 1. The molecule has 0 aliphatic carbocycles. The molecule has 0 saturated carbocycles. The molecule has 17 heavy (non-hydrogen) atoms. The van der Waals surface area contributed by atoms with Gasteiger partial charge in [-0.25, -0.2) is 0 Å². The fraction of sp³-hybridized carbons (Fsp3) is 0.909. The monoisotopic (exact) mass is 246 g/mol. The van der Waals surface area contributed by atoms with Crippen LogP contribution in [0.4, 0.5) is 0 Å². The van der Waals surface area contributed by atoms with Gasteiger partial charge in [-0.05, 0) is 13.8 Å². The summed E-state index contributed by atoms with van der Waals surface area (Å²) in [5.74, 6) is -1.09. The van der Waals surface area contributed by atoms with Crippen molar-refractivity contribution >= 4 is 5.97 Å². The van der Waals surface area contributed by atoms with Crippen molar-refractivity contribution in [3.05, 3.63) is 0 Å². The zero-order valence-electron chi connectivity index (χ0n) is 10.5. The second-order valence-corrected chi connectivity index (χ2v) is 4.80. The van der Waals surface area contributed by atoms with E-state index in [9.17, 15) is 4.79 Å². The second-order valence-electron chi connectivity index (χ2n) is 4.80. The number of rotatable bonds is 3. The average molecular weight is 246 g/mol. The van der Waals surface area contributed by atoms with E-state index in [-0.39, 0.29) is 25.3 Å². The van der Waals surface area contributed by atoms with Gasteiger partial charge in [0.1, 0.15) is 12.7 Å². The van der Waals surface area contributed by atoms with Gasteiger partial charge in [0.25, 0.3) is 0 Å². The van der Waals surface area contributed by atoms with E-state index in [1.807, 2.05) is 13.8 Å². The van der Waals surface area contributed by atoms with Gasteiger partial charge in [-0.1, -0.05) is 0 Å². The van der Waals surface area contributed by atoms with Crippen molar-refractivity contribution < 1.29 is 28.5 Å². The van der Waals surface area contributed by atoms with Gasteiger partial charge in [0.15, 0.2) is 17.7 Å². The van der Waals surface area contributed by atoms with Crippen molar-refractivity contribution in [2.24, 2.45) is 0 Å². The van der Waals surface area contributed by atoms with Crippen molar-refractivity contribution in [1.82, 2.24) is 0 Å². The zero-order valence-corrected chi connectivity index (χ0v) is 10.5. The summed E-state index contributed by atoms with van der Waals surface area (Å²) in [6.45, 7) is 5.38. The van der Waals surface area contributed by atoms with Crippen LogP contribution in [0, 0.1) is 0 Å². The molecule has 2 aliphatic rings. The predicted octanol–water partition coefficient (Wildman–Crippen LogP) is 0.442. The summed E-state index contributed by atoms with van der Waals surface area (Å²) < 4.78 is 27.2. The minimum atomic E-state index is -0.768. The summed E-state index contributed by atoms with van der Waals surface area (Å²) in [6, 6.07) is 0. The molecule has 6 heteroatoms. The molecule has 98 valence electrons. The third-order valence-corrected chi connectivity index (χ3v) is 2.87. The van der Waals surface area contributed by atoms with Crippen LogP contribution in [0.5, 0.6) is 0 Å². The van der Waals surface area contributed by atoms with Crippen LogP contribution in [0.2, 0.25) is 0 Å². The molecular formula is C11H18O6. The zero-order chi connectivity index (χ0) is 12.7. The molecule has 0 unspecified atom stereocenters. The number of hydrogen-bond donors (Lipinski definition) is 0. The maximum Gasteiger partial charge on any atom is 0.302 e. The maximum absolute atomic E-state index is 10.9. The van der Waals surface area contributed by atoms with Crippen LogP contribution in [0.25, 0.3) is 0 Å². The van der Waals surface area contributed by atoms with Gasteiger partial charge in [0.05, 0.1) is 6.61 Å². The summed E-state index contributed by atoms with van der Waals surface area (Å²) in [4.78, 5) is 10.9. The molecule has 0 aromatic rings. The van der Waals surface area contributed by atoms with Gasteiger partial charge in [-0.15, -0.1) is 0 Å². The lowest BCUT2D eigenvalue weighted by Gasteiger charge is -2.25. The Bertz CT molecular complexity index is 315. The third-order valence-electron chi connectivity index (χ3n) is 2.87. The van der Waals surface area contributed by atoms with Crippen LogP contribution in [-0.4, -0.2) is 50.1 Å². The van der Waals surface area contributed by atoms with Gasteiger partial charge < -0.3 is 23.7 Å². The lowest BCUT2D eigenvalue weighted by molar-refractivity contribution is -0.222. The van der Waals surface area contributed by atoms with Crippen LogP contribution in [0.3, 0.4) is 0 Å². The lowest BCUT2D eigenvalue weighted by atomic mass is 10.0. The predicted molar refractivity (Wildman–Crippen MR) is 56.2 cm³/mol. The van der Waals surface area contributed by atoms with Crippen LogP contribution < -0.4 is 0 Å². The molecule has 0 radical (unpaired) electrons. The molecule has 3 atom stereocenters. The molecule has 0 amide bonds. The minimum absolute atomic E-state index is 0.107. The Kier molecular flexibility index (Phi) is 3.15. The van der Waals surface area contributed by atoms with Crippen LogP contribution in [-0.2, 0) is 28.5 Å². The number of carbonyl (C=O) groups is 1. The highest BCUT2D eigenvalue weighted by molar-refractivity contribution is 5.66. The summed E-state index contributed by atoms with van der Waals surface area (Å²) in [6.07, 6.45) is -0.880. The highest BCUT2D eigenvalue weighted by Gasteiger charge is 2.62. The molecule has 0 bridgehead atoms. The summed E-state index contributed by atoms with van der Waals surface area (Å²) in [5, 5.41) is 0. The van der Waals surface area contributed by atoms with Gasteiger partial charge in [0.2, 0.25) is 0 Å². The molecule has 0 aromatic heterocycles. The number of ether oxygens (including phenoxy) is 5. The van der Waals surface area contributed by atoms with E-state index in [4.69, 9.17) is 23.7 Å². The first-order chi connectivity index (χ1) is 7.88. The van der Waals surface area contributed by atoms with Crippen molar-refractivity contribution in [1.29, 1.82) is 0 Å². The van der Waals surface area contributed by atoms with Crippen molar-refractivity contribution in [3.8, 4) is 0 Å². The Balaban J connectivity index is 2.14. The number of fused-ring (bicyclic) bond motifs is 1. The Hall–Kier alpha value is -0.690. The fourth-order valence-corrected chi connectivity index (χ4v) is 2.28. The molecular weight excluding hydrogens is 228 g/mol. The van der Waals surface area contributed by atoms with E-state index in [1.54, 1.807) is 7.11 Å². The highest BCUT2D eigenvalue weighted by atomic mass is 16.8. The Morgan fingerprint density at radius 3 is 2.76 bits per heavy atom. The normalized spacial score (nSPS) is 39.1. The maximum atomic E-state index is 10.9. The highest BCUT2D eigenvalue weighted by Crippen LogP contribution is 2.43. The van der Waals surface area contributed by atoms with Crippen LogP contribution >= 0.6 is 0 Å². The SMILES string of the molecule is CO[C@@H]1OC[C@@]2(COC(C)=O)OC(C)(C)O[C@@H]12. The molecule has 2 saturated heterocycles. The van der Waals surface area contributed by atoms with Crippen LogP contribution in [0.15, 0.2) is 0 Å². The quantitative estimate of drug-likeness (QED) is 0.673. The number of carbonyl (C=O) groups excluding carboxylic acids is 1. The van der Waals surface area contributed by atoms with Crippen molar-refractivity contribution in [2.75, 3.05) is 20.3 Å². The number of hydrogen-bond acceptors (Lipinski definition) is 6. The Morgan fingerprint density at radius 2 is 2.18 bits per heavy atom.